The van der Waals surface area contributed by atoms with Gasteiger partial charge in [0.25, 0.3) is 0 Å². The lowest BCUT2D eigenvalue weighted by atomic mass is 9.78. The van der Waals surface area contributed by atoms with E-state index in [0.717, 1.165) is 18.2 Å². The molecule has 3 heteroatoms. The molecule has 1 aromatic rings. The van der Waals surface area contributed by atoms with E-state index in [0.29, 0.717) is 6.04 Å². The molecule has 2 fully saturated rings. The first-order valence-corrected chi connectivity index (χ1v) is 7.99. The molecule has 3 aliphatic rings. The summed E-state index contributed by atoms with van der Waals surface area (Å²) in [5, 5.41) is 3.50. The van der Waals surface area contributed by atoms with Crippen LogP contribution in [-0.4, -0.2) is 36.7 Å². The molecule has 108 valence electrons. The Labute approximate surface area is 121 Å². The highest BCUT2D eigenvalue weighted by molar-refractivity contribution is 5.39. The van der Waals surface area contributed by atoms with E-state index in [1.807, 2.05) is 0 Å². The number of nitrogens with zero attached hydrogens (tertiary/aromatic N) is 1. The molecular weight excluding hydrogens is 248 g/mol. The van der Waals surface area contributed by atoms with Crippen molar-refractivity contribution in [3.8, 4) is 5.75 Å². The van der Waals surface area contributed by atoms with Gasteiger partial charge in [0, 0.05) is 37.0 Å². The van der Waals surface area contributed by atoms with E-state index in [2.05, 4.69) is 41.5 Å². The Morgan fingerprint density at radius 2 is 2.15 bits per heavy atom. The normalized spacial score (nSPS) is 36.5. The van der Waals surface area contributed by atoms with Crippen LogP contribution in [0, 0.1) is 0 Å². The average molecular weight is 272 g/mol. The minimum Gasteiger partial charge on any atom is -0.487 e. The first kappa shape index (κ1) is 12.7. The van der Waals surface area contributed by atoms with Crippen molar-refractivity contribution >= 4 is 0 Å². The molecule has 3 nitrogen and oxygen atoms in total. The van der Waals surface area contributed by atoms with E-state index in [4.69, 9.17) is 4.74 Å². The van der Waals surface area contributed by atoms with Crippen molar-refractivity contribution in [1.82, 2.24) is 10.2 Å². The summed E-state index contributed by atoms with van der Waals surface area (Å²) in [6, 6.07) is 9.74. The molecule has 3 atom stereocenters. The maximum absolute atomic E-state index is 6.53. The van der Waals surface area contributed by atoms with Crippen molar-refractivity contribution < 1.29 is 4.74 Å². The molecule has 0 amide bonds. The van der Waals surface area contributed by atoms with Gasteiger partial charge in [-0.2, -0.15) is 0 Å². The smallest absolute Gasteiger partial charge is 0.124 e. The number of fused-ring (bicyclic) bond motifs is 2. The molecule has 20 heavy (non-hydrogen) atoms. The largest absolute Gasteiger partial charge is 0.487 e. The average Bonchev–Trinajstić information content (AvgIpc) is 2.93. The van der Waals surface area contributed by atoms with E-state index in [-0.39, 0.29) is 5.60 Å². The van der Waals surface area contributed by atoms with Gasteiger partial charge in [-0.25, -0.2) is 0 Å². The second-order valence-electron chi connectivity index (χ2n) is 6.65. The third-order valence-corrected chi connectivity index (χ3v) is 5.51. The summed E-state index contributed by atoms with van der Waals surface area (Å²) in [6.45, 7) is 2.51. The first-order chi connectivity index (χ1) is 9.80. The summed E-state index contributed by atoms with van der Waals surface area (Å²) in [4.78, 5) is 2.67. The molecule has 2 saturated heterocycles. The van der Waals surface area contributed by atoms with Gasteiger partial charge in [-0.3, -0.25) is 0 Å². The zero-order valence-corrected chi connectivity index (χ0v) is 12.3. The summed E-state index contributed by atoms with van der Waals surface area (Å²) in [5.74, 6) is 1.10. The lowest BCUT2D eigenvalue weighted by Crippen LogP contribution is -2.53. The van der Waals surface area contributed by atoms with Crippen molar-refractivity contribution in [3.63, 3.8) is 0 Å². The highest BCUT2D eigenvalue weighted by Crippen LogP contribution is 2.46. The summed E-state index contributed by atoms with van der Waals surface area (Å²) >= 11 is 0. The molecule has 3 aliphatic heterocycles. The first-order valence-electron chi connectivity index (χ1n) is 7.99. The number of ether oxygens (including phenoxy) is 1. The number of hydrogen-bond donors (Lipinski definition) is 1. The summed E-state index contributed by atoms with van der Waals surface area (Å²) < 4.78 is 6.53. The van der Waals surface area contributed by atoms with Gasteiger partial charge >= 0.3 is 0 Å². The lowest BCUT2D eigenvalue weighted by Gasteiger charge is -2.48. The number of piperidine rings is 1. The second-order valence-corrected chi connectivity index (χ2v) is 6.65. The van der Waals surface area contributed by atoms with Gasteiger partial charge in [-0.15, -0.1) is 0 Å². The Morgan fingerprint density at radius 1 is 1.25 bits per heavy atom. The van der Waals surface area contributed by atoms with E-state index in [9.17, 15) is 0 Å². The van der Waals surface area contributed by atoms with Crippen molar-refractivity contribution in [2.75, 3.05) is 20.1 Å². The molecule has 3 unspecified atom stereocenters. The van der Waals surface area contributed by atoms with Gasteiger partial charge in [0.1, 0.15) is 11.4 Å². The molecular formula is C17H24N2O. The van der Waals surface area contributed by atoms with Crippen LogP contribution in [0.3, 0.4) is 0 Å². The molecule has 0 aromatic heterocycles. The molecule has 4 rings (SSSR count). The third kappa shape index (κ3) is 1.95. The van der Waals surface area contributed by atoms with Gasteiger partial charge in [0.05, 0.1) is 0 Å². The molecule has 3 heterocycles. The fourth-order valence-corrected chi connectivity index (χ4v) is 4.45. The molecule has 1 spiro atoms. The molecule has 1 N–H and O–H groups in total. The molecule has 0 bridgehead atoms. The lowest BCUT2D eigenvalue weighted by molar-refractivity contribution is -0.0384. The van der Waals surface area contributed by atoms with Crippen LogP contribution in [0.1, 0.15) is 43.7 Å². The number of benzene rings is 1. The predicted octanol–water partition coefficient (Wildman–Crippen LogP) is 2.73. The van der Waals surface area contributed by atoms with Crippen molar-refractivity contribution in [2.24, 2.45) is 0 Å². The summed E-state index contributed by atoms with van der Waals surface area (Å²) in [7, 11) is 2.07. The standard InChI is InChI=1S/C17H24N2O/c1-18-15-12-17(20-16-7-3-2-6-14(15)16)8-10-19-9-4-5-13(19)11-17/h2-3,6-7,13,15,18H,4-5,8-12H2,1H3. The number of rotatable bonds is 1. The van der Waals surface area contributed by atoms with E-state index in [1.165, 1.54) is 44.3 Å². The van der Waals surface area contributed by atoms with Crippen LogP contribution in [0.25, 0.3) is 0 Å². The predicted molar refractivity (Wildman–Crippen MR) is 80.0 cm³/mol. The van der Waals surface area contributed by atoms with Gasteiger partial charge in [-0.05, 0) is 38.9 Å². The van der Waals surface area contributed by atoms with Crippen LogP contribution in [0.2, 0.25) is 0 Å². The minimum absolute atomic E-state index is 0.0630. The SMILES string of the molecule is CNC1CC2(CCN3CCCC3C2)Oc2ccccc21. The quantitative estimate of drug-likeness (QED) is 0.851. The summed E-state index contributed by atoms with van der Waals surface area (Å²) in [6.07, 6.45) is 6.23. The van der Waals surface area contributed by atoms with Gasteiger partial charge in [0.15, 0.2) is 0 Å². The van der Waals surface area contributed by atoms with Crippen LogP contribution >= 0.6 is 0 Å². The van der Waals surface area contributed by atoms with Gasteiger partial charge < -0.3 is 15.0 Å². The van der Waals surface area contributed by atoms with Crippen LogP contribution in [-0.2, 0) is 0 Å². The molecule has 0 saturated carbocycles. The number of para-hydroxylation sites is 1. The monoisotopic (exact) mass is 272 g/mol. The fraction of sp³-hybridized carbons (Fsp3) is 0.647. The molecule has 1 aromatic carbocycles. The Balaban J connectivity index is 1.64. The van der Waals surface area contributed by atoms with Crippen molar-refractivity contribution in [1.29, 1.82) is 0 Å². The minimum atomic E-state index is 0.0630. The van der Waals surface area contributed by atoms with Crippen molar-refractivity contribution in [2.45, 2.75) is 49.8 Å². The third-order valence-electron chi connectivity index (χ3n) is 5.51. The van der Waals surface area contributed by atoms with E-state index in [1.54, 1.807) is 0 Å². The Bertz CT molecular complexity index is 504. The molecule has 0 aliphatic carbocycles. The van der Waals surface area contributed by atoms with E-state index >= 15 is 0 Å². The highest BCUT2D eigenvalue weighted by atomic mass is 16.5. The molecule has 0 radical (unpaired) electrons. The topological polar surface area (TPSA) is 24.5 Å². The Kier molecular flexibility index (Phi) is 3.00. The van der Waals surface area contributed by atoms with Crippen LogP contribution < -0.4 is 10.1 Å². The second kappa shape index (κ2) is 4.74. The van der Waals surface area contributed by atoms with Crippen molar-refractivity contribution in [3.05, 3.63) is 29.8 Å². The maximum atomic E-state index is 6.53. The number of nitrogens with one attached hydrogen (secondary N) is 1. The Hall–Kier alpha value is -1.06. The summed E-state index contributed by atoms with van der Waals surface area (Å²) in [5.41, 5.74) is 1.39. The zero-order chi connectivity index (χ0) is 13.6. The fourth-order valence-electron chi connectivity index (χ4n) is 4.45. The van der Waals surface area contributed by atoms with Gasteiger partial charge in [-0.1, -0.05) is 18.2 Å². The van der Waals surface area contributed by atoms with Crippen LogP contribution in [0.4, 0.5) is 0 Å². The van der Waals surface area contributed by atoms with Crippen LogP contribution in [0.15, 0.2) is 24.3 Å². The maximum Gasteiger partial charge on any atom is 0.124 e. The van der Waals surface area contributed by atoms with E-state index < -0.39 is 0 Å². The Morgan fingerprint density at radius 3 is 3.05 bits per heavy atom. The highest BCUT2D eigenvalue weighted by Gasteiger charge is 2.47. The zero-order valence-electron chi connectivity index (χ0n) is 12.3. The van der Waals surface area contributed by atoms with Crippen LogP contribution in [0.5, 0.6) is 5.75 Å². The van der Waals surface area contributed by atoms with Gasteiger partial charge in [0.2, 0.25) is 0 Å². The number of hydrogen-bond acceptors (Lipinski definition) is 3.